The molecule has 0 aliphatic carbocycles. The van der Waals surface area contributed by atoms with Crippen LogP contribution >= 0.6 is 23.4 Å². The number of ether oxygens (including phenoxy) is 2. The van der Waals surface area contributed by atoms with E-state index in [0.717, 1.165) is 11.8 Å². The topological polar surface area (TPSA) is 96.5 Å². The van der Waals surface area contributed by atoms with Crippen molar-refractivity contribution in [1.29, 1.82) is 0 Å². The van der Waals surface area contributed by atoms with Crippen LogP contribution in [0, 0.1) is 10.1 Å². The molecule has 0 radical (unpaired) electrons. The molecule has 4 aromatic rings. The van der Waals surface area contributed by atoms with Crippen LogP contribution in [-0.4, -0.2) is 28.7 Å². The Morgan fingerprint density at radius 2 is 1.72 bits per heavy atom. The largest absolute Gasteiger partial charge is 0.493 e. The molecule has 0 saturated carbocycles. The minimum Gasteiger partial charge on any atom is -0.493 e. The van der Waals surface area contributed by atoms with Gasteiger partial charge in [-0.3, -0.25) is 19.5 Å². The van der Waals surface area contributed by atoms with Crippen molar-refractivity contribution in [2.24, 2.45) is 0 Å². The summed E-state index contributed by atoms with van der Waals surface area (Å²) in [4.78, 5) is 29.5. The fraction of sp³-hybridized carbons (Fsp3) is 0.0909. The van der Waals surface area contributed by atoms with Gasteiger partial charge in [0.15, 0.2) is 16.7 Å². The Kier molecular flexibility index (Phi) is 6.02. The predicted molar refractivity (Wildman–Crippen MR) is 123 cm³/mol. The van der Waals surface area contributed by atoms with Crippen LogP contribution in [0.1, 0.15) is 0 Å². The second kappa shape index (κ2) is 8.89. The predicted octanol–water partition coefficient (Wildman–Crippen LogP) is 5.12. The lowest BCUT2D eigenvalue weighted by atomic mass is 10.2. The molecule has 10 heteroatoms. The molecule has 1 aromatic heterocycles. The molecular weight excluding hydrogens is 454 g/mol. The van der Waals surface area contributed by atoms with Crippen molar-refractivity contribution in [2.45, 2.75) is 10.1 Å². The molecule has 0 aliphatic heterocycles. The summed E-state index contributed by atoms with van der Waals surface area (Å²) in [6, 6.07) is 16.5. The summed E-state index contributed by atoms with van der Waals surface area (Å²) in [7, 11) is 2.97. The summed E-state index contributed by atoms with van der Waals surface area (Å²) >= 11 is 6.95. The Balaban J connectivity index is 2.01. The fourth-order valence-electron chi connectivity index (χ4n) is 3.18. The minimum absolute atomic E-state index is 0.177. The average molecular weight is 470 g/mol. The van der Waals surface area contributed by atoms with Gasteiger partial charge in [0.25, 0.3) is 11.2 Å². The Hall–Kier alpha value is -3.56. The van der Waals surface area contributed by atoms with E-state index in [0.29, 0.717) is 33.0 Å². The molecule has 0 saturated heterocycles. The van der Waals surface area contributed by atoms with Crippen LogP contribution in [0.25, 0.3) is 16.6 Å². The van der Waals surface area contributed by atoms with E-state index >= 15 is 0 Å². The van der Waals surface area contributed by atoms with Crippen LogP contribution in [0.3, 0.4) is 0 Å². The first-order valence-electron chi connectivity index (χ1n) is 9.29. The van der Waals surface area contributed by atoms with Crippen molar-refractivity contribution < 1.29 is 14.4 Å². The van der Waals surface area contributed by atoms with E-state index in [1.165, 1.54) is 30.9 Å². The van der Waals surface area contributed by atoms with Crippen molar-refractivity contribution >= 4 is 40.0 Å². The summed E-state index contributed by atoms with van der Waals surface area (Å²) in [6.07, 6.45) is 0. The van der Waals surface area contributed by atoms with Gasteiger partial charge in [-0.05, 0) is 42.1 Å². The lowest BCUT2D eigenvalue weighted by molar-refractivity contribution is -0.387. The number of aromatic nitrogens is 2. The number of fused-ring (bicyclic) bond motifs is 1. The van der Waals surface area contributed by atoms with E-state index in [-0.39, 0.29) is 21.4 Å². The molecule has 3 aromatic carbocycles. The highest BCUT2D eigenvalue weighted by Gasteiger charge is 2.21. The number of methoxy groups -OCH3 is 2. The Labute approximate surface area is 191 Å². The first kappa shape index (κ1) is 21.7. The monoisotopic (exact) mass is 469 g/mol. The molecular formula is C22H16ClN3O5S. The third-order valence-corrected chi connectivity index (χ3v) is 5.93. The molecule has 0 spiro atoms. The highest BCUT2D eigenvalue weighted by molar-refractivity contribution is 7.99. The molecule has 8 nitrogen and oxygen atoms in total. The number of hydrogen-bond donors (Lipinski definition) is 0. The Morgan fingerprint density at radius 1 is 1.03 bits per heavy atom. The SMILES string of the molecule is COc1cc2nc(Sc3ccc(Cl)cc3[N+](=O)[O-])n(-c3ccccc3)c(=O)c2cc1OC. The first-order chi connectivity index (χ1) is 15.4. The zero-order valence-electron chi connectivity index (χ0n) is 16.9. The van der Waals surface area contributed by atoms with Crippen LogP contribution in [-0.2, 0) is 0 Å². The number of benzene rings is 3. The standard InChI is InChI=1S/C22H16ClN3O5S/c1-30-18-11-15-16(12-19(18)31-2)24-22(25(21(15)27)14-6-4-3-5-7-14)32-20-9-8-13(23)10-17(20)26(28)29/h3-12H,1-2H3. The second-order valence-corrected chi connectivity index (χ2v) is 8.01. The molecule has 0 aliphatic rings. The zero-order valence-corrected chi connectivity index (χ0v) is 18.5. The van der Waals surface area contributed by atoms with Crippen molar-refractivity contribution in [2.75, 3.05) is 14.2 Å². The number of nitro benzene ring substituents is 1. The maximum absolute atomic E-state index is 13.5. The van der Waals surface area contributed by atoms with Gasteiger partial charge >= 0.3 is 0 Å². The van der Waals surface area contributed by atoms with Crippen LogP contribution < -0.4 is 15.0 Å². The zero-order chi connectivity index (χ0) is 22.8. The van der Waals surface area contributed by atoms with Gasteiger partial charge in [-0.25, -0.2) is 4.98 Å². The van der Waals surface area contributed by atoms with Crippen molar-refractivity contribution in [3.8, 4) is 17.2 Å². The number of nitro groups is 1. The van der Waals surface area contributed by atoms with Gasteiger partial charge in [0.05, 0.1) is 40.6 Å². The normalized spacial score (nSPS) is 10.8. The smallest absolute Gasteiger partial charge is 0.284 e. The van der Waals surface area contributed by atoms with E-state index in [1.807, 2.05) is 6.07 Å². The Bertz CT molecular complexity index is 1390. The third-order valence-electron chi connectivity index (χ3n) is 4.68. The lowest BCUT2D eigenvalue weighted by Gasteiger charge is -2.15. The van der Waals surface area contributed by atoms with Crippen LogP contribution in [0.5, 0.6) is 11.5 Å². The van der Waals surface area contributed by atoms with Crippen LogP contribution in [0.4, 0.5) is 5.69 Å². The molecule has 0 unspecified atom stereocenters. The minimum atomic E-state index is -0.520. The second-order valence-electron chi connectivity index (χ2n) is 6.57. The first-order valence-corrected chi connectivity index (χ1v) is 10.5. The maximum atomic E-state index is 13.5. The fourth-order valence-corrected chi connectivity index (χ4v) is 4.34. The molecule has 162 valence electrons. The van der Waals surface area contributed by atoms with Gasteiger partial charge in [0.1, 0.15) is 0 Å². The van der Waals surface area contributed by atoms with Gasteiger partial charge in [0, 0.05) is 17.2 Å². The van der Waals surface area contributed by atoms with Crippen LogP contribution in [0.15, 0.2) is 75.5 Å². The van der Waals surface area contributed by atoms with Crippen molar-refractivity contribution in [3.05, 3.63) is 86.2 Å². The third kappa shape index (κ3) is 4.00. The molecule has 0 N–H and O–H groups in total. The summed E-state index contributed by atoms with van der Waals surface area (Å²) in [5, 5.41) is 12.4. The highest BCUT2D eigenvalue weighted by atomic mass is 35.5. The summed E-state index contributed by atoms with van der Waals surface area (Å²) in [5.74, 6) is 0.810. The van der Waals surface area contributed by atoms with Crippen molar-refractivity contribution in [1.82, 2.24) is 9.55 Å². The van der Waals surface area contributed by atoms with Gasteiger partial charge in [-0.2, -0.15) is 0 Å². The number of nitrogens with zero attached hydrogens (tertiary/aromatic N) is 3. The highest BCUT2D eigenvalue weighted by Crippen LogP contribution is 2.37. The quantitative estimate of drug-likeness (QED) is 0.220. The van der Waals surface area contributed by atoms with E-state index in [9.17, 15) is 14.9 Å². The molecule has 4 rings (SSSR count). The van der Waals surface area contributed by atoms with Gasteiger partial charge in [0.2, 0.25) is 0 Å². The Morgan fingerprint density at radius 3 is 2.38 bits per heavy atom. The number of halogens is 1. The maximum Gasteiger partial charge on any atom is 0.284 e. The van der Waals surface area contributed by atoms with Gasteiger partial charge in [-0.1, -0.05) is 29.8 Å². The lowest BCUT2D eigenvalue weighted by Crippen LogP contribution is -2.21. The molecule has 0 amide bonds. The molecule has 1 heterocycles. The average Bonchev–Trinajstić information content (AvgIpc) is 2.80. The summed E-state index contributed by atoms with van der Waals surface area (Å²) < 4.78 is 12.1. The van der Waals surface area contributed by atoms with Gasteiger partial charge in [-0.15, -0.1) is 0 Å². The number of para-hydroxylation sites is 1. The van der Waals surface area contributed by atoms with E-state index in [2.05, 4.69) is 4.98 Å². The molecule has 0 atom stereocenters. The van der Waals surface area contributed by atoms with E-state index in [4.69, 9.17) is 21.1 Å². The van der Waals surface area contributed by atoms with Crippen LogP contribution in [0.2, 0.25) is 5.02 Å². The molecule has 32 heavy (non-hydrogen) atoms. The summed E-state index contributed by atoms with van der Waals surface area (Å²) in [5.41, 5.74) is 0.421. The summed E-state index contributed by atoms with van der Waals surface area (Å²) in [6.45, 7) is 0. The molecule has 0 fully saturated rings. The number of hydrogen-bond acceptors (Lipinski definition) is 7. The van der Waals surface area contributed by atoms with Gasteiger partial charge < -0.3 is 9.47 Å². The molecule has 0 bridgehead atoms. The number of rotatable bonds is 6. The van der Waals surface area contributed by atoms with E-state index in [1.54, 1.807) is 42.5 Å². The van der Waals surface area contributed by atoms with E-state index < -0.39 is 4.92 Å². The van der Waals surface area contributed by atoms with Crippen molar-refractivity contribution in [3.63, 3.8) is 0 Å².